The molecule has 7 nitrogen and oxygen atoms in total. The Morgan fingerprint density at radius 3 is 2.50 bits per heavy atom. The van der Waals surface area contributed by atoms with Crippen molar-refractivity contribution in [1.29, 1.82) is 0 Å². The molecule has 1 fully saturated rings. The zero-order valence-corrected chi connectivity index (χ0v) is 19.6. The molecule has 0 aromatic heterocycles. The van der Waals surface area contributed by atoms with Gasteiger partial charge < -0.3 is 19.3 Å². The van der Waals surface area contributed by atoms with Gasteiger partial charge >= 0.3 is 6.09 Å². The van der Waals surface area contributed by atoms with Gasteiger partial charge in [-0.25, -0.2) is 13.2 Å². The third kappa shape index (κ3) is 5.18. The molecule has 0 unspecified atom stereocenters. The monoisotopic (exact) mass is 458 g/mol. The van der Waals surface area contributed by atoms with Gasteiger partial charge in [-0.15, -0.1) is 0 Å². The van der Waals surface area contributed by atoms with Crippen LogP contribution in [0, 0.1) is 0 Å². The molecule has 2 aromatic rings. The fourth-order valence-corrected chi connectivity index (χ4v) is 4.82. The van der Waals surface area contributed by atoms with Gasteiger partial charge in [-0.05, 0) is 67.8 Å². The number of carbonyl (C=O) groups is 1. The maximum atomic E-state index is 12.2. The Bertz CT molecular complexity index is 1080. The molecule has 32 heavy (non-hydrogen) atoms. The van der Waals surface area contributed by atoms with E-state index >= 15 is 0 Å². The summed E-state index contributed by atoms with van der Waals surface area (Å²) in [4.78, 5) is 16.5. The molecule has 8 heteroatoms. The molecule has 2 aliphatic rings. The van der Waals surface area contributed by atoms with Gasteiger partial charge in [0.2, 0.25) is 0 Å². The number of anilines is 1. The fraction of sp³-hybridized carbons (Fsp3) is 0.458. The van der Waals surface area contributed by atoms with E-state index in [-0.39, 0.29) is 18.3 Å². The van der Waals surface area contributed by atoms with E-state index in [9.17, 15) is 13.2 Å². The Morgan fingerprint density at radius 1 is 1.06 bits per heavy atom. The molecular weight excluding hydrogens is 428 g/mol. The highest BCUT2D eigenvalue weighted by Crippen LogP contribution is 2.28. The zero-order valence-electron chi connectivity index (χ0n) is 18.8. The van der Waals surface area contributed by atoms with E-state index in [4.69, 9.17) is 9.47 Å². The first-order valence-corrected chi connectivity index (χ1v) is 12.9. The third-order valence-corrected chi connectivity index (χ3v) is 6.99. The molecule has 0 aliphatic carbocycles. The molecule has 1 atom stereocenters. The van der Waals surface area contributed by atoms with Crippen LogP contribution in [0.5, 0.6) is 5.75 Å². The van der Waals surface area contributed by atoms with Crippen LogP contribution >= 0.6 is 0 Å². The third-order valence-electron chi connectivity index (χ3n) is 5.86. The lowest BCUT2D eigenvalue weighted by Crippen LogP contribution is -2.37. The van der Waals surface area contributed by atoms with Crippen LogP contribution in [-0.2, 0) is 27.5 Å². The molecule has 2 aromatic carbocycles. The Balaban J connectivity index is 1.35. The van der Waals surface area contributed by atoms with Crippen LogP contribution in [0.25, 0.3) is 0 Å². The lowest BCUT2D eigenvalue weighted by molar-refractivity contribution is 0.0729. The number of carbonyl (C=O) groups excluding carboxylic acids is 1. The summed E-state index contributed by atoms with van der Waals surface area (Å²) in [5.41, 5.74) is 3.34. The van der Waals surface area contributed by atoms with E-state index in [1.165, 1.54) is 11.8 Å². The molecule has 0 bridgehead atoms. The average Bonchev–Trinajstić information content (AvgIpc) is 3.21. The molecular formula is C24H30N2O5S. The van der Waals surface area contributed by atoms with Crippen LogP contribution in [0.3, 0.4) is 0 Å². The van der Waals surface area contributed by atoms with Crippen molar-refractivity contribution < 1.29 is 22.7 Å². The average molecular weight is 459 g/mol. The summed E-state index contributed by atoms with van der Waals surface area (Å²) in [7, 11) is -3.19. The largest absolute Gasteiger partial charge is 0.489 e. The quantitative estimate of drug-likeness (QED) is 0.681. The fourth-order valence-electron chi connectivity index (χ4n) is 4.19. The molecule has 0 N–H and O–H groups in total. The summed E-state index contributed by atoms with van der Waals surface area (Å²) < 4.78 is 34.9. The predicted octanol–water partition coefficient (Wildman–Crippen LogP) is 3.65. The number of fused-ring (bicyclic) bond motifs is 1. The summed E-state index contributed by atoms with van der Waals surface area (Å²) in [5.74, 6) is 0.848. The van der Waals surface area contributed by atoms with E-state index in [0.29, 0.717) is 18.0 Å². The van der Waals surface area contributed by atoms with Gasteiger partial charge in [-0.1, -0.05) is 6.07 Å². The smallest absolute Gasteiger partial charge is 0.410 e. The number of amides is 1. The number of nitrogens with zero attached hydrogens (tertiary/aromatic N) is 2. The van der Waals surface area contributed by atoms with Gasteiger partial charge in [0.05, 0.1) is 17.5 Å². The topological polar surface area (TPSA) is 76.2 Å². The van der Waals surface area contributed by atoms with Gasteiger partial charge in [0.25, 0.3) is 0 Å². The first-order chi connectivity index (χ1) is 15.2. The number of ether oxygens (including phenoxy) is 2. The second-order valence-corrected chi connectivity index (χ2v) is 10.8. The van der Waals surface area contributed by atoms with Crippen LogP contribution < -0.4 is 9.64 Å². The number of rotatable bonds is 5. The highest BCUT2D eigenvalue weighted by atomic mass is 32.2. The first kappa shape index (κ1) is 22.5. The van der Waals surface area contributed by atoms with E-state index in [0.717, 1.165) is 42.9 Å². The second-order valence-electron chi connectivity index (χ2n) is 8.78. The minimum atomic E-state index is -3.19. The van der Waals surface area contributed by atoms with Crippen molar-refractivity contribution >= 4 is 21.6 Å². The van der Waals surface area contributed by atoms with Crippen molar-refractivity contribution in [3.8, 4) is 5.75 Å². The SMILES string of the molecule is CC(C)OC(=O)N1CCc2cc(O[C@H]3CCN(c4ccc(S(C)(=O)=O)cc4)C3)ccc2C1. The van der Waals surface area contributed by atoms with Gasteiger partial charge in [0, 0.05) is 38.0 Å². The van der Waals surface area contributed by atoms with Crippen molar-refractivity contribution in [1.82, 2.24) is 4.90 Å². The molecule has 4 rings (SSSR count). The van der Waals surface area contributed by atoms with E-state index < -0.39 is 9.84 Å². The Kier molecular flexibility index (Phi) is 6.33. The normalized spacial score (nSPS) is 18.6. The maximum absolute atomic E-state index is 12.2. The van der Waals surface area contributed by atoms with Gasteiger partial charge in [0.15, 0.2) is 9.84 Å². The van der Waals surface area contributed by atoms with Crippen LogP contribution in [0.1, 0.15) is 31.4 Å². The molecule has 1 saturated heterocycles. The van der Waals surface area contributed by atoms with E-state index in [1.54, 1.807) is 17.0 Å². The molecule has 2 aliphatic heterocycles. The van der Waals surface area contributed by atoms with Crippen molar-refractivity contribution in [2.75, 3.05) is 30.8 Å². The van der Waals surface area contributed by atoms with Gasteiger partial charge in [-0.2, -0.15) is 0 Å². The molecule has 2 heterocycles. The van der Waals surface area contributed by atoms with Crippen LogP contribution in [0.15, 0.2) is 47.4 Å². The summed E-state index contributed by atoms with van der Waals surface area (Å²) in [6.07, 6.45) is 2.59. The Labute approximate surface area is 189 Å². The molecule has 0 spiro atoms. The molecule has 0 saturated carbocycles. The van der Waals surface area contributed by atoms with E-state index in [1.807, 2.05) is 38.1 Å². The lowest BCUT2D eigenvalue weighted by Gasteiger charge is -2.29. The van der Waals surface area contributed by atoms with Crippen molar-refractivity contribution in [2.24, 2.45) is 0 Å². The number of hydrogen-bond donors (Lipinski definition) is 0. The minimum absolute atomic E-state index is 0.0729. The van der Waals surface area contributed by atoms with Crippen molar-refractivity contribution in [2.45, 2.75) is 50.3 Å². The summed E-state index contributed by atoms with van der Waals surface area (Å²) in [6.45, 7) is 6.53. The van der Waals surface area contributed by atoms with Gasteiger partial charge in [-0.3, -0.25) is 0 Å². The van der Waals surface area contributed by atoms with Crippen LogP contribution in [-0.4, -0.2) is 57.5 Å². The summed E-state index contributed by atoms with van der Waals surface area (Å²) in [5, 5.41) is 0. The number of sulfone groups is 1. The predicted molar refractivity (Wildman–Crippen MR) is 123 cm³/mol. The summed E-state index contributed by atoms with van der Waals surface area (Å²) >= 11 is 0. The maximum Gasteiger partial charge on any atom is 0.410 e. The minimum Gasteiger partial charge on any atom is -0.489 e. The van der Waals surface area contributed by atoms with Crippen molar-refractivity contribution in [3.05, 3.63) is 53.6 Å². The highest BCUT2D eigenvalue weighted by Gasteiger charge is 2.26. The van der Waals surface area contributed by atoms with Crippen LogP contribution in [0.2, 0.25) is 0 Å². The Hall–Kier alpha value is -2.74. The van der Waals surface area contributed by atoms with Crippen molar-refractivity contribution in [3.63, 3.8) is 0 Å². The number of benzene rings is 2. The Morgan fingerprint density at radius 2 is 1.81 bits per heavy atom. The zero-order chi connectivity index (χ0) is 22.9. The number of hydrogen-bond acceptors (Lipinski definition) is 6. The molecule has 1 amide bonds. The van der Waals surface area contributed by atoms with Crippen LogP contribution in [0.4, 0.5) is 10.5 Å². The summed E-state index contributed by atoms with van der Waals surface area (Å²) in [6, 6.07) is 13.1. The first-order valence-electron chi connectivity index (χ1n) is 11.0. The highest BCUT2D eigenvalue weighted by molar-refractivity contribution is 7.90. The lowest BCUT2D eigenvalue weighted by atomic mass is 10.00. The molecule has 0 radical (unpaired) electrons. The van der Waals surface area contributed by atoms with E-state index in [2.05, 4.69) is 11.0 Å². The van der Waals surface area contributed by atoms with Gasteiger partial charge in [0.1, 0.15) is 11.9 Å². The standard InChI is InChI=1S/C24H30N2O5S/c1-17(2)30-24(27)26-12-10-18-14-21(7-4-19(18)15-26)31-22-11-13-25(16-22)20-5-8-23(9-6-20)32(3,28)29/h4-9,14,17,22H,10-13,15-16H2,1-3H3/t22-/m0/s1. The second kappa shape index (κ2) is 9.02. The molecule has 172 valence electrons.